The van der Waals surface area contributed by atoms with Gasteiger partial charge in [-0.15, -0.1) is 0 Å². The first-order valence-electron chi connectivity index (χ1n) is 8.27. The van der Waals surface area contributed by atoms with Gasteiger partial charge in [0.15, 0.2) is 5.96 Å². The van der Waals surface area contributed by atoms with Crippen LogP contribution in [0.3, 0.4) is 0 Å². The van der Waals surface area contributed by atoms with Crippen LogP contribution >= 0.6 is 0 Å². The Morgan fingerprint density at radius 2 is 1.82 bits per heavy atom. The number of ether oxygens (including phenoxy) is 1. The first kappa shape index (κ1) is 20.7. The third kappa shape index (κ3) is 12.4. The highest BCUT2D eigenvalue weighted by molar-refractivity contribution is 5.84. The number of hydrogen-bond donors (Lipinski definition) is 2. The van der Waals surface area contributed by atoms with E-state index in [9.17, 15) is 4.79 Å². The standard InChI is InChI=1S/C16H34N4O2/c1-6-22-12-8-11-18-16(17-10-7-9-14(2)3)19-13-15(21)20(4)5/h14H,6-13H2,1-5H3,(H2,17,18,19). The van der Waals surface area contributed by atoms with Crippen LogP contribution in [0.1, 0.15) is 40.0 Å². The molecule has 0 radical (unpaired) electrons. The number of aliphatic imine (C=N–C) groups is 1. The average molecular weight is 314 g/mol. The maximum Gasteiger partial charge on any atom is 0.243 e. The predicted octanol–water partition coefficient (Wildman–Crippen LogP) is 1.47. The summed E-state index contributed by atoms with van der Waals surface area (Å²) in [5, 5.41) is 6.54. The molecule has 0 bridgehead atoms. The Balaban J connectivity index is 4.18. The molecule has 0 unspecified atom stereocenters. The molecule has 1 amide bonds. The molecule has 0 spiro atoms. The number of carbonyl (C=O) groups excluding carboxylic acids is 1. The van der Waals surface area contributed by atoms with Crippen molar-refractivity contribution in [1.29, 1.82) is 0 Å². The first-order chi connectivity index (χ1) is 10.5. The van der Waals surface area contributed by atoms with Crippen LogP contribution in [0.5, 0.6) is 0 Å². The lowest BCUT2D eigenvalue weighted by atomic mass is 10.1. The number of nitrogens with one attached hydrogen (secondary N) is 2. The third-order valence-electron chi connectivity index (χ3n) is 3.08. The molecule has 0 fully saturated rings. The van der Waals surface area contributed by atoms with Crippen LogP contribution in [0, 0.1) is 5.92 Å². The second-order valence-electron chi connectivity index (χ2n) is 5.89. The Morgan fingerprint density at radius 3 is 2.36 bits per heavy atom. The zero-order chi connectivity index (χ0) is 16.8. The Morgan fingerprint density at radius 1 is 1.18 bits per heavy atom. The minimum absolute atomic E-state index is 0.00223. The van der Waals surface area contributed by atoms with E-state index in [1.165, 1.54) is 6.42 Å². The number of nitrogens with zero attached hydrogens (tertiary/aromatic N) is 2. The SMILES string of the molecule is CCOCCCNC(=NCC(=O)N(C)C)NCCCC(C)C. The normalized spacial score (nSPS) is 11.6. The quantitative estimate of drug-likeness (QED) is 0.344. The van der Waals surface area contributed by atoms with Crippen molar-refractivity contribution in [3.63, 3.8) is 0 Å². The lowest BCUT2D eigenvalue weighted by molar-refractivity contribution is -0.127. The topological polar surface area (TPSA) is 66.0 Å². The number of amides is 1. The zero-order valence-corrected chi connectivity index (χ0v) is 14.9. The summed E-state index contributed by atoms with van der Waals surface area (Å²) >= 11 is 0. The molecule has 0 aliphatic rings. The van der Waals surface area contributed by atoms with Gasteiger partial charge in [0.2, 0.25) is 5.91 Å². The Hall–Kier alpha value is -1.30. The van der Waals surface area contributed by atoms with Gasteiger partial charge >= 0.3 is 0 Å². The fraction of sp³-hybridized carbons (Fsp3) is 0.875. The molecule has 0 saturated heterocycles. The van der Waals surface area contributed by atoms with Gasteiger partial charge in [-0.2, -0.15) is 0 Å². The molecule has 0 aromatic heterocycles. The maximum absolute atomic E-state index is 11.6. The van der Waals surface area contributed by atoms with Gasteiger partial charge in [-0.25, -0.2) is 4.99 Å². The maximum atomic E-state index is 11.6. The van der Waals surface area contributed by atoms with Gasteiger partial charge < -0.3 is 20.3 Å². The van der Waals surface area contributed by atoms with Crippen molar-refractivity contribution in [2.24, 2.45) is 10.9 Å². The zero-order valence-electron chi connectivity index (χ0n) is 14.9. The predicted molar refractivity (Wildman–Crippen MR) is 92.2 cm³/mol. The van der Waals surface area contributed by atoms with Gasteiger partial charge in [0, 0.05) is 40.4 Å². The Kier molecular flexibility index (Phi) is 12.6. The van der Waals surface area contributed by atoms with E-state index < -0.39 is 0 Å². The molecule has 0 saturated carbocycles. The number of rotatable bonds is 11. The van der Waals surface area contributed by atoms with E-state index in [2.05, 4.69) is 29.5 Å². The van der Waals surface area contributed by atoms with Gasteiger partial charge in [-0.3, -0.25) is 4.79 Å². The van der Waals surface area contributed by atoms with E-state index in [4.69, 9.17) is 4.74 Å². The molecule has 0 rings (SSSR count). The van der Waals surface area contributed by atoms with Crippen LogP contribution in [0.25, 0.3) is 0 Å². The molecule has 0 aliphatic carbocycles. The van der Waals surface area contributed by atoms with Crippen molar-refractivity contribution >= 4 is 11.9 Å². The summed E-state index contributed by atoms with van der Waals surface area (Å²) in [6, 6.07) is 0. The molecule has 130 valence electrons. The van der Waals surface area contributed by atoms with Gasteiger partial charge in [-0.05, 0) is 32.1 Å². The number of carbonyl (C=O) groups is 1. The van der Waals surface area contributed by atoms with E-state index >= 15 is 0 Å². The van der Waals surface area contributed by atoms with E-state index in [0.29, 0.717) is 11.9 Å². The van der Waals surface area contributed by atoms with Crippen LogP contribution < -0.4 is 10.6 Å². The molecule has 0 aliphatic heterocycles. The molecule has 0 aromatic carbocycles. The van der Waals surface area contributed by atoms with Crippen LogP contribution in [0.4, 0.5) is 0 Å². The van der Waals surface area contributed by atoms with Crippen molar-refractivity contribution in [2.75, 3.05) is 46.9 Å². The van der Waals surface area contributed by atoms with Crippen molar-refractivity contribution in [2.45, 2.75) is 40.0 Å². The molecule has 6 heteroatoms. The van der Waals surface area contributed by atoms with Crippen molar-refractivity contribution < 1.29 is 9.53 Å². The molecular weight excluding hydrogens is 280 g/mol. The summed E-state index contributed by atoms with van der Waals surface area (Å²) in [6.07, 6.45) is 3.20. The minimum atomic E-state index is -0.00223. The fourth-order valence-electron chi connectivity index (χ4n) is 1.70. The second kappa shape index (κ2) is 13.4. The summed E-state index contributed by atoms with van der Waals surface area (Å²) in [5.74, 6) is 1.41. The lowest BCUT2D eigenvalue weighted by Gasteiger charge is -2.14. The van der Waals surface area contributed by atoms with E-state index in [1.54, 1.807) is 19.0 Å². The molecule has 2 N–H and O–H groups in total. The molecule has 0 aromatic rings. The van der Waals surface area contributed by atoms with Crippen LogP contribution in [-0.2, 0) is 9.53 Å². The van der Waals surface area contributed by atoms with Crippen molar-refractivity contribution in [3.05, 3.63) is 0 Å². The first-order valence-corrected chi connectivity index (χ1v) is 8.27. The fourth-order valence-corrected chi connectivity index (χ4v) is 1.70. The van der Waals surface area contributed by atoms with E-state index in [0.717, 1.165) is 39.1 Å². The van der Waals surface area contributed by atoms with Gasteiger partial charge in [0.05, 0.1) is 0 Å². The van der Waals surface area contributed by atoms with Gasteiger partial charge in [-0.1, -0.05) is 13.8 Å². The molecule has 22 heavy (non-hydrogen) atoms. The molecular formula is C16H34N4O2. The highest BCUT2D eigenvalue weighted by Crippen LogP contribution is 2.01. The smallest absolute Gasteiger partial charge is 0.243 e. The monoisotopic (exact) mass is 314 g/mol. The minimum Gasteiger partial charge on any atom is -0.382 e. The summed E-state index contributed by atoms with van der Waals surface area (Å²) < 4.78 is 5.31. The number of hydrogen-bond acceptors (Lipinski definition) is 3. The largest absolute Gasteiger partial charge is 0.382 e. The Bertz CT molecular complexity index is 317. The van der Waals surface area contributed by atoms with E-state index in [1.807, 2.05) is 6.92 Å². The summed E-state index contributed by atoms with van der Waals surface area (Å²) in [7, 11) is 3.48. The van der Waals surface area contributed by atoms with E-state index in [-0.39, 0.29) is 12.5 Å². The van der Waals surface area contributed by atoms with Crippen LogP contribution in [-0.4, -0.2) is 63.7 Å². The second-order valence-corrected chi connectivity index (χ2v) is 5.89. The highest BCUT2D eigenvalue weighted by Gasteiger charge is 2.04. The number of likely N-dealkylation sites (N-methyl/N-ethyl adjacent to an activating group) is 1. The average Bonchev–Trinajstić information content (AvgIpc) is 2.47. The molecule has 0 atom stereocenters. The van der Waals surface area contributed by atoms with Gasteiger partial charge in [0.1, 0.15) is 6.54 Å². The van der Waals surface area contributed by atoms with Crippen molar-refractivity contribution in [3.8, 4) is 0 Å². The van der Waals surface area contributed by atoms with Crippen LogP contribution in [0.2, 0.25) is 0 Å². The van der Waals surface area contributed by atoms with Gasteiger partial charge in [0.25, 0.3) is 0 Å². The molecule has 6 nitrogen and oxygen atoms in total. The van der Waals surface area contributed by atoms with Crippen molar-refractivity contribution in [1.82, 2.24) is 15.5 Å². The number of guanidine groups is 1. The third-order valence-corrected chi connectivity index (χ3v) is 3.08. The lowest BCUT2D eigenvalue weighted by Crippen LogP contribution is -2.39. The summed E-state index contributed by atoms with van der Waals surface area (Å²) in [5.41, 5.74) is 0. The Labute approximate surface area is 135 Å². The summed E-state index contributed by atoms with van der Waals surface area (Å²) in [6.45, 7) is 9.72. The summed E-state index contributed by atoms with van der Waals surface area (Å²) in [4.78, 5) is 17.5. The highest BCUT2D eigenvalue weighted by atomic mass is 16.5. The molecule has 0 heterocycles. The van der Waals surface area contributed by atoms with Crippen LogP contribution in [0.15, 0.2) is 4.99 Å².